The van der Waals surface area contributed by atoms with Gasteiger partial charge in [-0.2, -0.15) is 0 Å². The second-order valence-electron chi connectivity index (χ2n) is 5.62. The molecule has 9 nitrogen and oxygen atoms in total. The lowest BCUT2D eigenvalue weighted by Crippen LogP contribution is -2.23. The number of carbonyl (C=O) groups excluding carboxylic acids is 1. The highest BCUT2D eigenvalue weighted by molar-refractivity contribution is 7.99. The largest absolute Gasteiger partial charge is 0.497 e. The lowest BCUT2D eigenvalue weighted by atomic mass is 10.2. The number of nitrogens with one attached hydrogen (secondary N) is 2. The average molecular weight is 392 g/mol. The van der Waals surface area contributed by atoms with Gasteiger partial charge in [-0.15, -0.1) is 0 Å². The molecule has 144 valence electrons. The molecule has 4 N–H and O–H groups in total. The van der Waals surface area contributed by atoms with Crippen LogP contribution in [0.4, 0.5) is 11.5 Å². The van der Waals surface area contributed by atoms with Crippen molar-refractivity contribution in [2.24, 2.45) is 0 Å². The zero-order valence-electron chi connectivity index (χ0n) is 14.7. The predicted molar refractivity (Wildman–Crippen MR) is 101 cm³/mol. The van der Waals surface area contributed by atoms with Gasteiger partial charge in [0.25, 0.3) is 11.5 Å². The summed E-state index contributed by atoms with van der Waals surface area (Å²) in [5, 5.41) is 2.87. The van der Waals surface area contributed by atoms with Crippen molar-refractivity contribution in [2.45, 2.75) is 17.9 Å². The van der Waals surface area contributed by atoms with E-state index in [-0.39, 0.29) is 17.8 Å². The summed E-state index contributed by atoms with van der Waals surface area (Å²) in [6.45, 7) is 1.19. The minimum Gasteiger partial charge on any atom is -0.497 e. The summed E-state index contributed by atoms with van der Waals surface area (Å²) in [6.07, 6.45) is 0.453. The second-order valence-corrected chi connectivity index (χ2v) is 6.71. The molecule has 0 bridgehead atoms. The van der Waals surface area contributed by atoms with Crippen molar-refractivity contribution in [1.82, 2.24) is 9.97 Å². The molecule has 10 heteroatoms. The average Bonchev–Trinajstić information content (AvgIpc) is 3.18. The summed E-state index contributed by atoms with van der Waals surface area (Å²) in [7, 11) is 1.54. The molecule has 1 aromatic carbocycles. The standard InChI is InChI=1S/C17H20N4O5S/c1-24-11-4-2-10(3-5-11)15(22)19-13-14(18)20-17(21-16(13)23)27-9-6-12-25-7-8-26-12/h2-5,12H,6-9H2,1H3,(H,19,22)(H3,18,20,21,23). The van der Waals surface area contributed by atoms with Gasteiger partial charge in [0.15, 0.2) is 17.3 Å². The van der Waals surface area contributed by atoms with E-state index in [4.69, 9.17) is 19.9 Å². The molecule has 1 amide bonds. The first-order valence-corrected chi connectivity index (χ1v) is 9.26. The van der Waals surface area contributed by atoms with Crippen LogP contribution in [0.1, 0.15) is 16.8 Å². The van der Waals surface area contributed by atoms with Crippen LogP contribution in [0.5, 0.6) is 5.75 Å². The number of nitrogens with zero attached hydrogens (tertiary/aromatic N) is 1. The van der Waals surface area contributed by atoms with Crippen LogP contribution < -0.4 is 21.3 Å². The van der Waals surface area contributed by atoms with Crippen molar-refractivity contribution < 1.29 is 19.0 Å². The number of benzene rings is 1. The molecule has 27 heavy (non-hydrogen) atoms. The first-order chi connectivity index (χ1) is 13.1. The van der Waals surface area contributed by atoms with Gasteiger partial charge in [0, 0.05) is 17.7 Å². The van der Waals surface area contributed by atoms with E-state index in [2.05, 4.69) is 15.3 Å². The van der Waals surface area contributed by atoms with Crippen molar-refractivity contribution in [2.75, 3.05) is 37.1 Å². The number of methoxy groups -OCH3 is 1. The predicted octanol–water partition coefficient (Wildman–Crippen LogP) is 1.47. The maximum atomic E-state index is 12.3. The van der Waals surface area contributed by atoms with Crippen LogP contribution in [0, 0.1) is 0 Å². The Morgan fingerprint density at radius 1 is 1.37 bits per heavy atom. The molecule has 3 rings (SSSR count). The highest BCUT2D eigenvalue weighted by atomic mass is 32.2. The molecule has 0 spiro atoms. The van der Waals surface area contributed by atoms with Crippen molar-refractivity contribution in [3.63, 3.8) is 0 Å². The third-order valence-electron chi connectivity index (χ3n) is 3.80. The number of H-pyrrole nitrogens is 1. The lowest BCUT2D eigenvalue weighted by molar-refractivity contribution is -0.0421. The maximum absolute atomic E-state index is 12.3. The van der Waals surface area contributed by atoms with Gasteiger partial charge in [-0.05, 0) is 24.3 Å². The van der Waals surface area contributed by atoms with Gasteiger partial charge >= 0.3 is 0 Å². The summed E-state index contributed by atoms with van der Waals surface area (Å²) in [5.41, 5.74) is 5.63. The Bertz CT molecular complexity index is 849. The summed E-state index contributed by atoms with van der Waals surface area (Å²) in [4.78, 5) is 31.3. The summed E-state index contributed by atoms with van der Waals surface area (Å²) >= 11 is 1.33. The third-order valence-corrected chi connectivity index (χ3v) is 4.71. The molecule has 0 radical (unpaired) electrons. The van der Waals surface area contributed by atoms with E-state index in [9.17, 15) is 9.59 Å². The van der Waals surface area contributed by atoms with E-state index >= 15 is 0 Å². The Morgan fingerprint density at radius 2 is 2.07 bits per heavy atom. The van der Waals surface area contributed by atoms with Crippen LogP contribution in [0.2, 0.25) is 0 Å². The molecule has 0 unspecified atom stereocenters. The number of aromatic nitrogens is 2. The zero-order chi connectivity index (χ0) is 19.2. The highest BCUT2D eigenvalue weighted by Gasteiger charge is 2.17. The zero-order valence-corrected chi connectivity index (χ0v) is 15.5. The number of aromatic amines is 1. The first-order valence-electron chi connectivity index (χ1n) is 8.28. The number of nitrogen functional groups attached to an aromatic ring is 1. The molecule has 2 heterocycles. The second kappa shape index (κ2) is 8.89. The number of hydrogen-bond donors (Lipinski definition) is 3. The van der Waals surface area contributed by atoms with Crippen molar-refractivity contribution >= 4 is 29.2 Å². The summed E-state index contributed by atoms with van der Waals surface area (Å²) in [5.74, 6) is 0.759. The molecular weight excluding hydrogens is 372 g/mol. The van der Waals surface area contributed by atoms with Crippen LogP contribution in [0.3, 0.4) is 0 Å². The molecule has 0 atom stereocenters. The Hall–Kier alpha value is -2.56. The van der Waals surface area contributed by atoms with Crippen molar-refractivity contribution in [3.8, 4) is 5.75 Å². The van der Waals surface area contributed by atoms with Gasteiger partial charge in [-0.1, -0.05) is 11.8 Å². The van der Waals surface area contributed by atoms with E-state index in [1.54, 1.807) is 24.3 Å². The van der Waals surface area contributed by atoms with Gasteiger partial charge in [0.05, 0.1) is 20.3 Å². The van der Waals surface area contributed by atoms with Gasteiger partial charge in [0.1, 0.15) is 11.4 Å². The van der Waals surface area contributed by atoms with E-state index in [0.717, 1.165) is 0 Å². The highest BCUT2D eigenvalue weighted by Crippen LogP contribution is 2.20. The number of thioether (sulfide) groups is 1. The van der Waals surface area contributed by atoms with Gasteiger partial charge in [0.2, 0.25) is 0 Å². The van der Waals surface area contributed by atoms with E-state index in [1.165, 1.54) is 18.9 Å². The van der Waals surface area contributed by atoms with Crippen LogP contribution >= 0.6 is 11.8 Å². The molecule has 1 saturated heterocycles. The fourth-order valence-corrected chi connectivity index (χ4v) is 3.24. The topological polar surface area (TPSA) is 129 Å². The molecule has 1 aromatic heterocycles. The van der Waals surface area contributed by atoms with Crippen LogP contribution in [0.25, 0.3) is 0 Å². The SMILES string of the molecule is COc1ccc(C(=O)Nc2c(N)nc(SCCC3OCCO3)[nH]c2=O)cc1. The number of carbonyl (C=O) groups is 1. The van der Waals surface area contributed by atoms with E-state index < -0.39 is 11.5 Å². The minimum atomic E-state index is -0.514. The number of anilines is 2. The van der Waals surface area contributed by atoms with Gasteiger partial charge in [-0.3, -0.25) is 14.6 Å². The fourth-order valence-electron chi connectivity index (χ4n) is 2.41. The maximum Gasteiger partial charge on any atom is 0.277 e. The molecule has 1 fully saturated rings. The molecule has 1 aliphatic heterocycles. The van der Waals surface area contributed by atoms with Crippen LogP contribution in [-0.2, 0) is 9.47 Å². The number of hydrogen-bond acceptors (Lipinski definition) is 8. The van der Waals surface area contributed by atoms with Crippen molar-refractivity contribution in [1.29, 1.82) is 0 Å². The summed E-state index contributed by atoms with van der Waals surface area (Å²) in [6, 6.07) is 6.48. The quantitative estimate of drug-likeness (QED) is 0.477. The number of ether oxygens (including phenoxy) is 3. The molecule has 0 saturated carbocycles. The van der Waals surface area contributed by atoms with Crippen molar-refractivity contribution in [3.05, 3.63) is 40.2 Å². The fraction of sp³-hybridized carbons (Fsp3) is 0.353. The Labute approximate surface area is 159 Å². The first kappa shape index (κ1) is 19.2. The summed E-state index contributed by atoms with van der Waals surface area (Å²) < 4.78 is 15.7. The Morgan fingerprint density at radius 3 is 2.70 bits per heavy atom. The Balaban J connectivity index is 1.63. The lowest BCUT2D eigenvalue weighted by Gasteiger charge is -2.10. The monoisotopic (exact) mass is 392 g/mol. The third kappa shape index (κ3) is 5.00. The van der Waals surface area contributed by atoms with Crippen LogP contribution in [0.15, 0.2) is 34.2 Å². The Kier molecular flexibility index (Phi) is 6.32. The minimum absolute atomic E-state index is 0.0449. The number of nitrogens with two attached hydrogens (primary N) is 1. The van der Waals surface area contributed by atoms with Gasteiger partial charge in [-0.25, -0.2) is 4.98 Å². The van der Waals surface area contributed by atoms with Gasteiger partial charge < -0.3 is 25.3 Å². The van der Waals surface area contributed by atoms with E-state index in [0.29, 0.717) is 41.9 Å². The normalized spacial score (nSPS) is 14.3. The molecule has 1 aliphatic rings. The molecule has 0 aliphatic carbocycles. The van der Waals surface area contributed by atoms with E-state index in [1.807, 2.05) is 0 Å². The number of amides is 1. The number of rotatable bonds is 7. The molecule has 2 aromatic rings. The van der Waals surface area contributed by atoms with Crippen LogP contribution in [-0.4, -0.2) is 48.2 Å². The molecular formula is C17H20N4O5S. The smallest absolute Gasteiger partial charge is 0.277 e.